The molecule has 6 heteroatoms. The zero-order valence-corrected chi connectivity index (χ0v) is 12.2. The molecule has 0 heterocycles. The van der Waals surface area contributed by atoms with E-state index in [0.29, 0.717) is 41.2 Å². The smallest absolute Gasteiger partial charge is 0.257 e. The second-order valence-electron chi connectivity index (χ2n) is 3.51. The van der Waals surface area contributed by atoms with Crippen LogP contribution in [0.3, 0.4) is 0 Å². The summed E-state index contributed by atoms with van der Waals surface area (Å²) in [4.78, 5) is 13.9. The monoisotopic (exact) mass is 309 g/mol. The number of hydrogen-bond donors (Lipinski definition) is 0. The van der Waals surface area contributed by atoms with Crippen molar-refractivity contribution >= 4 is 40.7 Å². The third kappa shape index (κ3) is 3.94. The fourth-order valence-electron chi connectivity index (χ4n) is 1.54. The average molecular weight is 311 g/mol. The first-order chi connectivity index (χ1) is 8.63. The van der Waals surface area contributed by atoms with Crippen LogP contribution in [0.15, 0.2) is 18.2 Å². The maximum Gasteiger partial charge on any atom is 0.257 e. The Hall–Kier alpha value is -0.640. The van der Waals surface area contributed by atoms with Crippen LogP contribution in [0.5, 0.6) is 5.75 Å². The van der Waals surface area contributed by atoms with Gasteiger partial charge in [0.2, 0.25) is 0 Å². The van der Waals surface area contributed by atoms with Gasteiger partial charge in [-0.05, 0) is 18.2 Å². The van der Waals surface area contributed by atoms with Crippen molar-refractivity contribution in [3.05, 3.63) is 28.8 Å². The number of ether oxygens (including phenoxy) is 1. The molecular formula is C12H14Cl3NO2. The summed E-state index contributed by atoms with van der Waals surface area (Å²) in [6.45, 7) is 0.867. The second kappa shape index (κ2) is 7.72. The highest BCUT2D eigenvalue weighted by Gasteiger charge is 2.19. The molecule has 0 bridgehead atoms. The molecule has 0 saturated heterocycles. The van der Waals surface area contributed by atoms with E-state index in [1.165, 1.54) is 7.11 Å². The Bertz CT molecular complexity index is 406. The minimum absolute atomic E-state index is 0.185. The average Bonchev–Trinajstić information content (AvgIpc) is 2.37. The van der Waals surface area contributed by atoms with Crippen LogP contribution in [0.4, 0.5) is 0 Å². The van der Waals surface area contributed by atoms with Crippen LogP contribution in [-0.4, -0.2) is 42.8 Å². The Morgan fingerprint density at radius 1 is 1.28 bits per heavy atom. The normalized spacial score (nSPS) is 10.2. The van der Waals surface area contributed by atoms with Crippen molar-refractivity contribution in [2.45, 2.75) is 0 Å². The summed E-state index contributed by atoms with van der Waals surface area (Å²) in [7, 11) is 1.51. The summed E-state index contributed by atoms with van der Waals surface area (Å²) < 4.78 is 5.16. The third-order valence-corrected chi connectivity index (χ3v) is 2.96. The van der Waals surface area contributed by atoms with Crippen LogP contribution in [0.25, 0.3) is 0 Å². The second-order valence-corrected chi connectivity index (χ2v) is 4.71. The van der Waals surface area contributed by atoms with Crippen molar-refractivity contribution in [1.29, 1.82) is 0 Å². The molecular weight excluding hydrogens is 296 g/mol. The molecule has 0 fully saturated rings. The molecule has 1 aromatic rings. The molecule has 3 nitrogen and oxygen atoms in total. The number of carbonyl (C=O) groups is 1. The van der Waals surface area contributed by atoms with Crippen LogP contribution >= 0.6 is 34.8 Å². The Balaban J connectivity index is 3.02. The first-order valence-corrected chi connectivity index (χ1v) is 6.83. The largest absolute Gasteiger partial charge is 0.496 e. The standard InChI is InChI=1S/C12H14Cl3NO2/c1-18-11-3-2-9(15)8-10(11)12(17)16(6-4-13)7-5-14/h2-3,8H,4-7H2,1H3. The van der Waals surface area contributed by atoms with Gasteiger partial charge in [-0.15, -0.1) is 23.2 Å². The first-order valence-electron chi connectivity index (χ1n) is 5.38. The molecule has 0 unspecified atom stereocenters. The maximum atomic E-state index is 12.3. The summed E-state index contributed by atoms with van der Waals surface area (Å²) in [6.07, 6.45) is 0. The van der Waals surface area contributed by atoms with Crippen LogP contribution in [0.1, 0.15) is 10.4 Å². The molecule has 0 aliphatic heterocycles. The van der Waals surface area contributed by atoms with Gasteiger partial charge in [0.15, 0.2) is 0 Å². The van der Waals surface area contributed by atoms with E-state index in [1.807, 2.05) is 0 Å². The summed E-state index contributed by atoms with van der Waals surface area (Å²) in [5.74, 6) is 1.01. The molecule has 18 heavy (non-hydrogen) atoms. The fourth-order valence-corrected chi connectivity index (χ4v) is 2.12. The molecule has 1 aromatic carbocycles. The Morgan fingerprint density at radius 2 is 1.89 bits per heavy atom. The van der Waals surface area contributed by atoms with E-state index in [2.05, 4.69) is 0 Å². The van der Waals surface area contributed by atoms with E-state index in [1.54, 1.807) is 23.1 Å². The molecule has 1 amide bonds. The summed E-state index contributed by atoms with van der Waals surface area (Å²) in [5, 5.41) is 0.482. The quantitative estimate of drug-likeness (QED) is 0.755. The van der Waals surface area contributed by atoms with E-state index in [-0.39, 0.29) is 5.91 Å². The summed E-state index contributed by atoms with van der Waals surface area (Å²) in [6, 6.07) is 4.91. The highest BCUT2D eigenvalue weighted by Crippen LogP contribution is 2.24. The topological polar surface area (TPSA) is 29.5 Å². The molecule has 0 N–H and O–H groups in total. The predicted molar refractivity (Wildman–Crippen MR) is 75.3 cm³/mol. The highest BCUT2D eigenvalue weighted by molar-refractivity contribution is 6.31. The summed E-state index contributed by atoms with van der Waals surface area (Å²) in [5.41, 5.74) is 0.417. The van der Waals surface area contributed by atoms with Gasteiger partial charge in [-0.3, -0.25) is 4.79 Å². The van der Waals surface area contributed by atoms with E-state index in [4.69, 9.17) is 39.5 Å². The Labute approximate surface area is 122 Å². The van der Waals surface area contributed by atoms with Crippen molar-refractivity contribution in [3.8, 4) is 5.75 Å². The first kappa shape index (κ1) is 15.4. The molecule has 100 valence electrons. The van der Waals surface area contributed by atoms with Crippen LogP contribution in [-0.2, 0) is 0 Å². The molecule has 0 atom stereocenters. The third-order valence-electron chi connectivity index (χ3n) is 2.39. The van der Waals surface area contributed by atoms with Crippen molar-refractivity contribution in [3.63, 3.8) is 0 Å². The number of rotatable bonds is 6. The van der Waals surface area contributed by atoms with Gasteiger partial charge in [0.1, 0.15) is 5.75 Å². The molecule has 0 aromatic heterocycles. The van der Waals surface area contributed by atoms with Gasteiger partial charge >= 0.3 is 0 Å². The van der Waals surface area contributed by atoms with Gasteiger partial charge in [0.05, 0.1) is 12.7 Å². The summed E-state index contributed by atoms with van der Waals surface area (Å²) >= 11 is 17.2. The SMILES string of the molecule is COc1ccc(Cl)cc1C(=O)N(CCCl)CCCl. The molecule has 0 saturated carbocycles. The van der Waals surface area contributed by atoms with Gasteiger partial charge in [-0.1, -0.05) is 11.6 Å². The zero-order valence-electron chi connectivity index (χ0n) is 9.96. The van der Waals surface area contributed by atoms with Gasteiger partial charge < -0.3 is 9.64 Å². The minimum Gasteiger partial charge on any atom is -0.496 e. The van der Waals surface area contributed by atoms with Crippen molar-refractivity contribution in [2.75, 3.05) is 32.0 Å². The van der Waals surface area contributed by atoms with Crippen LogP contribution < -0.4 is 4.74 Å². The Kier molecular flexibility index (Phi) is 6.61. The zero-order chi connectivity index (χ0) is 13.5. The van der Waals surface area contributed by atoms with E-state index in [0.717, 1.165) is 0 Å². The van der Waals surface area contributed by atoms with Crippen molar-refractivity contribution < 1.29 is 9.53 Å². The lowest BCUT2D eigenvalue weighted by Crippen LogP contribution is -2.34. The molecule has 0 spiro atoms. The lowest BCUT2D eigenvalue weighted by Gasteiger charge is -2.21. The van der Waals surface area contributed by atoms with E-state index < -0.39 is 0 Å². The van der Waals surface area contributed by atoms with Gasteiger partial charge in [0.25, 0.3) is 5.91 Å². The van der Waals surface area contributed by atoms with Gasteiger partial charge in [-0.25, -0.2) is 0 Å². The minimum atomic E-state index is -0.185. The number of alkyl halides is 2. The molecule has 0 radical (unpaired) electrons. The molecule has 0 aliphatic carbocycles. The van der Waals surface area contributed by atoms with Crippen molar-refractivity contribution in [2.24, 2.45) is 0 Å². The van der Waals surface area contributed by atoms with Crippen molar-refractivity contribution in [1.82, 2.24) is 4.90 Å². The molecule has 0 aliphatic rings. The number of methoxy groups -OCH3 is 1. The number of amides is 1. The number of benzene rings is 1. The number of nitrogens with zero attached hydrogens (tertiary/aromatic N) is 1. The van der Waals surface area contributed by atoms with Gasteiger partial charge in [-0.2, -0.15) is 0 Å². The predicted octanol–water partition coefficient (Wildman–Crippen LogP) is 3.27. The lowest BCUT2D eigenvalue weighted by molar-refractivity contribution is 0.0771. The fraction of sp³-hybridized carbons (Fsp3) is 0.417. The maximum absolute atomic E-state index is 12.3. The van der Waals surface area contributed by atoms with E-state index in [9.17, 15) is 4.79 Å². The van der Waals surface area contributed by atoms with Crippen LogP contribution in [0.2, 0.25) is 5.02 Å². The lowest BCUT2D eigenvalue weighted by atomic mass is 10.1. The Morgan fingerprint density at radius 3 is 2.39 bits per heavy atom. The highest BCUT2D eigenvalue weighted by atomic mass is 35.5. The number of carbonyl (C=O) groups excluding carboxylic acids is 1. The van der Waals surface area contributed by atoms with E-state index >= 15 is 0 Å². The van der Waals surface area contributed by atoms with Crippen LogP contribution in [0, 0.1) is 0 Å². The van der Waals surface area contributed by atoms with Gasteiger partial charge in [0, 0.05) is 29.9 Å². The molecule has 1 rings (SSSR count). The number of halogens is 3. The number of hydrogen-bond acceptors (Lipinski definition) is 2.